The molecule has 0 N–H and O–H groups in total. The van der Waals surface area contributed by atoms with E-state index in [1.165, 1.54) is 48.4 Å². The largest absolute Gasteiger partial charge is 0.268 e. The minimum absolute atomic E-state index is 0.124. The Labute approximate surface area is 147 Å². The zero-order valence-electron chi connectivity index (χ0n) is 14.0. The second kappa shape index (κ2) is 5.98. The van der Waals surface area contributed by atoms with Gasteiger partial charge in [-0.1, -0.05) is 18.2 Å². The van der Waals surface area contributed by atoms with Gasteiger partial charge in [-0.3, -0.25) is 0 Å². The second-order valence-electron chi connectivity index (χ2n) is 5.88. The van der Waals surface area contributed by atoms with Gasteiger partial charge >= 0.3 is 0 Å². The van der Waals surface area contributed by atoms with E-state index in [9.17, 15) is 16.8 Å². The quantitative estimate of drug-likeness (QED) is 0.699. The molecule has 2 aromatic carbocycles. The minimum atomic E-state index is -3.76. The molecule has 1 heterocycles. The number of benzene rings is 2. The van der Waals surface area contributed by atoms with Gasteiger partial charge in [0, 0.05) is 25.2 Å². The first-order valence-corrected chi connectivity index (χ1v) is 10.4. The highest BCUT2D eigenvalue weighted by atomic mass is 32.2. The second-order valence-corrected chi connectivity index (χ2v) is 9.81. The molecular weight excluding hydrogens is 360 g/mol. The lowest BCUT2D eigenvalue weighted by Gasteiger charge is -2.12. The Hall–Kier alpha value is -2.16. The first kappa shape index (κ1) is 17.7. The summed E-state index contributed by atoms with van der Waals surface area (Å²) in [6, 6.07) is 14.3. The van der Waals surface area contributed by atoms with E-state index in [-0.39, 0.29) is 9.79 Å². The van der Waals surface area contributed by atoms with E-state index in [0.29, 0.717) is 16.6 Å². The van der Waals surface area contributed by atoms with Crippen LogP contribution in [0.1, 0.15) is 5.69 Å². The Balaban J connectivity index is 2.25. The fourth-order valence-corrected chi connectivity index (χ4v) is 5.20. The lowest BCUT2D eigenvalue weighted by Crippen LogP contribution is -2.22. The van der Waals surface area contributed by atoms with E-state index in [4.69, 9.17) is 0 Å². The number of nitrogens with zero attached hydrogens (tertiary/aromatic N) is 2. The first-order valence-electron chi connectivity index (χ1n) is 7.51. The van der Waals surface area contributed by atoms with Crippen LogP contribution in [-0.2, 0) is 20.0 Å². The van der Waals surface area contributed by atoms with Crippen molar-refractivity contribution in [3.8, 4) is 0 Å². The number of sulfonamides is 1. The molecule has 0 radical (unpaired) electrons. The highest BCUT2D eigenvalue weighted by Gasteiger charge is 2.23. The van der Waals surface area contributed by atoms with E-state index in [2.05, 4.69) is 0 Å². The predicted octanol–water partition coefficient (Wildman–Crippen LogP) is 2.44. The van der Waals surface area contributed by atoms with Crippen molar-refractivity contribution in [2.45, 2.75) is 16.7 Å². The number of hydrogen-bond donors (Lipinski definition) is 0. The van der Waals surface area contributed by atoms with Gasteiger partial charge in [0.15, 0.2) is 0 Å². The highest BCUT2D eigenvalue weighted by Crippen LogP contribution is 2.28. The molecule has 0 spiro atoms. The molecule has 132 valence electrons. The molecule has 0 aliphatic carbocycles. The fraction of sp³-hybridized carbons (Fsp3) is 0.176. The summed E-state index contributed by atoms with van der Waals surface area (Å²) in [6.07, 6.45) is 0. The normalized spacial score (nSPS) is 12.8. The van der Waals surface area contributed by atoms with Crippen molar-refractivity contribution in [1.29, 1.82) is 0 Å². The van der Waals surface area contributed by atoms with Crippen LogP contribution in [0.3, 0.4) is 0 Å². The van der Waals surface area contributed by atoms with Crippen LogP contribution in [-0.4, -0.2) is 39.2 Å². The summed E-state index contributed by atoms with van der Waals surface area (Å²) in [4.78, 5) is 0.305. The Morgan fingerprint density at radius 1 is 0.840 bits per heavy atom. The minimum Gasteiger partial charge on any atom is -0.238 e. The maximum atomic E-state index is 13.0. The molecule has 3 aromatic rings. The van der Waals surface area contributed by atoms with E-state index < -0.39 is 20.0 Å². The molecule has 0 saturated heterocycles. The van der Waals surface area contributed by atoms with Gasteiger partial charge in [0.05, 0.1) is 15.3 Å². The molecule has 0 bridgehead atoms. The van der Waals surface area contributed by atoms with Crippen LogP contribution in [0.5, 0.6) is 0 Å². The molecule has 0 aliphatic heterocycles. The average Bonchev–Trinajstić information content (AvgIpc) is 2.91. The molecule has 0 atom stereocenters. The van der Waals surface area contributed by atoms with Crippen molar-refractivity contribution < 1.29 is 16.8 Å². The van der Waals surface area contributed by atoms with Crippen LogP contribution < -0.4 is 0 Å². The molecule has 25 heavy (non-hydrogen) atoms. The lowest BCUT2D eigenvalue weighted by atomic mass is 10.2. The molecule has 1 aromatic heterocycles. The van der Waals surface area contributed by atoms with Gasteiger partial charge in [0.2, 0.25) is 10.0 Å². The van der Waals surface area contributed by atoms with Crippen LogP contribution in [0.2, 0.25) is 0 Å². The molecule has 0 fully saturated rings. The number of aromatic nitrogens is 1. The monoisotopic (exact) mass is 378 g/mol. The van der Waals surface area contributed by atoms with Gasteiger partial charge in [-0.05, 0) is 43.3 Å². The third kappa shape index (κ3) is 2.86. The molecule has 8 heteroatoms. The van der Waals surface area contributed by atoms with E-state index in [0.717, 1.165) is 4.31 Å². The predicted molar refractivity (Wildman–Crippen MR) is 96.6 cm³/mol. The van der Waals surface area contributed by atoms with Crippen molar-refractivity contribution in [2.75, 3.05) is 14.1 Å². The third-order valence-electron chi connectivity index (χ3n) is 3.96. The van der Waals surface area contributed by atoms with Crippen LogP contribution in [0, 0.1) is 6.92 Å². The smallest absolute Gasteiger partial charge is 0.238 e. The number of hydrogen-bond acceptors (Lipinski definition) is 4. The third-order valence-corrected chi connectivity index (χ3v) is 7.61. The van der Waals surface area contributed by atoms with Crippen LogP contribution >= 0.6 is 0 Å². The number of aryl methyl sites for hydroxylation is 1. The average molecular weight is 378 g/mol. The molecule has 3 rings (SSSR count). The van der Waals surface area contributed by atoms with Crippen molar-refractivity contribution >= 4 is 30.9 Å². The Morgan fingerprint density at radius 3 is 2.08 bits per heavy atom. The van der Waals surface area contributed by atoms with Crippen LogP contribution in [0.25, 0.3) is 10.9 Å². The SMILES string of the molecule is Cc1cc2cc(S(=O)(=O)N(C)C)ccc2n1S(=O)(=O)c1ccccc1. The Kier molecular flexibility index (Phi) is 4.22. The van der Waals surface area contributed by atoms with E-state index >= 15 is 0 Å². The van der Waals surface area contributed by atoms with Crippen molar-refractivity contribution in [3.05, 3.63) is 60.3 Å². The van der Waals surface area contributed by atoms with Crippen LogP contribution in [0.4, 0.5) is 0 Å². The van der Waals surface area contributed by atoms with Gasteiger partial charge in [-0.15, -0.1) is 0 Å². The number of fused-ring (bicyclic) bond motifs is 1. The van der Waals surface area contributed by atoms with Gasteiger partial charge in [-0.2, -0.15) is 0 Å². The topological polar surface area (TPSA) is 76.5 Å². The molecule has 0 amide bonds. The van der Waals surface area contributed by atoms with Crippen molar-refractivity contribution in [2.24, 2.45) is 0 Å². The summed E-state index contributed by atoms with van der Waals surface area (Å²) >= 11 is 0. The fourth-order valence-electron chi connectivity index (χ4n) is 2.70. The molecule has 0 unspecified atom stereocenters. The van der Waals surface area contributed by atoms with E-state index in [1.54, 1.807) is 31.2 Å². The van der Waals surface area contributed by atoms with Gasteiger partial charge in [0.1, 0.15) is 0 Å². The standard InChI is InChI=1S/C17H18N2O4S2/c1-13-11-14-12-16(24(20,21)18(2)3)9-10-17(14)19(13)25(22,23)15-7-5-4-6-8-15/h4-12H,1-3H3. The summed E-state index contributed by atoms with van der Waals surface area (Å²) in [7, 11) is -4.44. The van der Waals surface area contributed by atoms with Gasteiger partial charge < -0.3 is 0 Å². The summed E-state index contributed by atoms with van der Waals surface area (Å²) in [5.41, 5.74) is 0.956. The van der Waals surface area contributed by atoms with Gasteiger partial charge in [-0.25, -0.2) is 25.1 Å². The summed E-state index contributed by atoms with van der Waals surface area (Å²) in [5, 5.41) is 0.555. The first-order chi connectivity index (χ1) is 11.7. The maximum Gasteiger partial charge on any atom is 0.268 e. The Morgan fingerprint density at radius 2 is 1.48 bits per heavy atom. The Bertz CT molecular complexity index is 1150. The molecular formula is C17H18N2O4S2. The van der Waals surface area contributed by atoms with Crippen molar-refractivity contribution in [1.82, 2.24) is 8.28 Å². The lowest BCUT2D eigenvalue weighted by molar-refractivity contribution is 0.521. The summed E-state index contributed by atoms with van der Waals surface area (Å²) in [6.45, 7) is 1.68. The summed E-state index contributed by atoms with van der Waals surface area (Å²) in [5.74, 6) is 0. The van der Waals surface area contributed by atoms with E-state index in [1.807, 2.05) is 0 Å². The zero-order chi connectivity index (χ0) is 18.4. The molecule has 6 nitrogen and oxygen atoms in total. The van der Waals surface area contributed by atoms with Gasteiger partial charge in [0.25, 0.3) is 10.0 Å². The highest BCUT2D eigenvalue weighted by molar-refractivity contribution is 7.90. The maximum absolute atomic E-state index is 13.0. The zero-order valence-corrected chi connectivity index (χ0v) is 15.7. The van der Waals surface area contributed by atoms with Crippen LogP contribution in [0.15, 0.2) is 64.4 Å². The molecule has 0 aliphatic rings. The molecule has 0 saturated carbocycles. The van der Waals surface area contributed by atoms with Crippen molar-refractivity contribution in [3.63, 3.8) is 0 Å². The number of rotatable bonds is 4. The summed E-state index contributed by atoms with van der Waals surface area (Å²) < 4.78 is 52.8.